The lowest BCUT2D eigenvalue weighted by molar-refractivity contribution is -0.153. The summed E-state index contributed by atoms with van der Waals surface area (Å²) in [7, 11) is 6.71. The van der Waals surface area contributed by atoms with Crippen LogP contribution in [0.3, 0.4) is 0 Å². The van der Waals surface area contributed by atoms with Crippen LogP contribution in [0.25, 0.3) is 16.9 Å². The van der Waals surface area contributed by atoms with Crippen molar-refractivity contribution in [3.63, 3.8) is 0 Å². The Hall–Kier alpha value is -4.48. The largest absolute Gasteiger partial charge is 0.508 e. The second kappa shape index (κ2) is 9.81. The van der Waals surface area contributed by atoms with Crippen molar-refractivity contribution in [1.29, 1.82) is 0 Å². The maximum Gasteiger partial charge on any atom is 0.255 e. The Kier molecular flexibility index (Phi) is 6.78. The molecule has 3 aliphatic carbocycles. The molecule has 0 saturated heterocycles. The van der Waals surface area contributed by atoms with Crippen molar-refractivity contribution >= 4 is 34.7 Å². The smallest absolute Gasteiger partial charge is 0.255 e. The zero-order chi connectivity index (χ0) is 31.0. The number of nitrogens with two attached hydrogens (primary N) is 1. The van der Waals surface area contributed by atoms with Crippen LogP contribution in [0.4, 0.5) is 5.69 Å². The second-order valence-corrected chi connectivity index (χ2v) is 11.6. The van der Waals surface area contributed by atoms with Gasteiger partial charge < -0.3 is 31.1 Å². The molecule has 1 saturated carbocycles. The van der Waals surface area contributed by atoms with Crippen LogP contribution < -0.4 is 10.6 Å². The van der Waals surface area contributed by atoms with Crippen LogP contribution in [0.2, 0.25) is 0 Å². The van der Waals surface area contributed by atoms with Gasteiger partial charge in [-0.3, -0.25) is 24.1 Å². The molecule has 4 atom stereocenters. The minimum atomic E-state index is -2.70. The molecule has 11 heteroatoms. The van der Waals surface area contributed by atoms with Crippen molar-refractivity contribution in [2.75, 3.05) is 33.1 Å². The van der Waals surface area contributed by atoms with Gasteiger partial charge in [-0.15, -0.1) is 0 Å². The highest BCUT2D eigenvalue weighted by Gasteiger charge is 2.64. The van der Waals surface area contributed by atoms with Gasteiger partial charge in [-0.2, -0.15) is 0 Å². The van der Waals surface area contributed by atoms with Gasteiger partial charge in [0.1, 0.15) is 22.8 Å². The van der Waals surface area contributed by atoms with Gasteiger partial charge in [-0.25, -0.2) is 0 Å². The standard InChI is InChI=1S/C31H33N3O8/c1-13(35)14-6-8-15(9-7-14)17-12-20(33(2)3)18-10-16-11-19-24(34(4)5)27(38)23(30(32)41)29(40)31(19,42)28(39)21(16)26(37)22(18)25(17)36/h6-9,12,16,19,24,36-37,40,42H,10-11H2,1-5H3,(H2,32,41)/t16-,19-,24-,31-/m1/s1. The monoisotopic (exact) mass is 575 g/mol. The molecule has 0 aromatic heterocycles. The van der Waals surface area contributed by atoms with Gasteiger partial charge in [0.2, 0.25) is 5.78 Å². The maximum atomic E-state index is 14.1. The number of ketones is 3. The fraction of sp³-hybridized carbons (Fsp3) is 0.355. The molecule has 0 radical (unpaired) electrons. The van der Waals surface area contributed by atoms with Gasteiger partial charge in [-0.1, -0.05) is 24.3 Å². The number of Topliss-reactive ketones (excluding diaryl/α,β-unsaturated/α-hetero) is 3. The van der Waals surface area contributed by atoms with Gasteiger partial charge in [0.25, 0.3) is 5.91 Å². The zero-order valence-electron chi connectivity index (χ0n) is 23.9. The Morgan fingerprint density at radius 3 is 2.17 bits per heavy atom. The fourth-order valence-electron chi connectivity index (χ4n) is 6.80. The number of anilines is 1. The van der Waals surface area contributed by atoms with Gasteiger partial charge in [0.15, 0.2) is 17.2 Å². The predicted molar refractivity (Wildman–Crippen MR) is 154 cm³/mol. The van der Waals surface area contributed by atoms with Crippen molar-refractivity contribution < 1.29 is 39.6 Å². The summed E-state index contributed by atoms with van der Waals surface area (Å²) >= 11 is 0. The highest BCUT2D eigenvalue weighted by Crippen LogP contribution is 2.54. The number of carbonyl (C=O) groups excluding carboxylic acids is 4. The highest BCUT2D eigenvalue weighted by molar-refractivity contribution is 6.24. The number of aromatic hydroxyl groups is 1. The van der Waals surface area contributed by atoms with E-state index in [-0.39, 0.29) is 35.5 Å². The number of aliphatic hydroxyl groups excluding tert-OH is 2. The van der Waals surface area contributed by atoms with E-state index in [4.69, 9.17) is 5.73 Å². The molecule has 2 aromatic carbocycles. The summed E-state index contributed by atoms with van der Waals surface area (Å²) in [4.78, 5) is 54.6. The van der Waals surface area contributed by atoms with Crippen LogP contribution in [-0.4, -0.2) is 88.4 Å². The van der Waals surface area contributed by atoms with Crippen molar-refractivity contribution in [1.82, 2.24) is 4.90 Å². The molecule has 0 bridgehead atoms. The minimum absolute atomic E-state index is 0.00290. The molecule has 0 aliphatic heterocycles. The number of hydrogen-bond donors (Lipinski definition) is 5. The third kappa shape index (κ3) is 3.95. The van der Waals surface area contributed by atoms with Gasteiger partial charge >= 0.3 is 0 Å². The Morgan fingerprint density at radius 2 is 1.64 bits per heavy atom. The van der Waals surface area contributed by atoms with Crippen LogP contribution in [0, 0.1) is 11.8 Å². The second-order valence-electron chi connectivity index (χ2n) is 11.6. The summed E-state index contributed by atoms with van der Waals surface area (Å²) < 4.78 is 0. The summed E-state index contributed by atoms with van der Waals surface area (Å²) in [5.41, 5.74) is 4.22. The Balaban J connectivity index is 1.75. The van der Waals surface area contributed by atoms with E-state index >= 15 is 0 Å². The number of carbonyl (C=O) groups is 4. The molecule has 42 heavy (non-hydrogen) atoms. The van der Waals surface area contributed by atoms with Gasteiger partial charge in [0.05, 0.1) is 11.6 Å². The molecular weight excluding hydrogens is 542 g/mol. The Morgan fingerprint density at radius 1 is 1.02 bits per heavy atom. The van der Waals surface area contributed by atoms with E-state index in [1.807, 2.05) is 4.90 Å². The number of phenols is 1. The van der Waals surface area contributed by atoms with E-state index in [2.05, 4.69) is 0 Å². The molecule has 220 valence electrons. The van der Waals surface area contributed by atoms with E-state index < -0.39 is 58.0 Å². The number of hydrogen-bond acceptors (Lipinski definition) is 10. The lowest BCUT2D eigenvalue weighted by atomic mass is 9.57. The number of phenolic OH excluding ortho intramolecular Hbond substituents is 1. The number of rotatable bonds is 5. The van der Waals surface area contributed by atoms with Crippen LogP contribution >= 0.6 is 0 Å². The molecule has 5 rings (SSSR count). The molecule has 0 heterocycles. The van der Waals surface area contributed by atoms with Crippen LogP contribution in [0.1, 0.15) is 34.8 Å². The molecule has 3 aliphatic rings. The molecule has 2 aromatic rings. The lowest BCUT2D eigenvalue weighted by Crippen LogP contribution is -2.65. The van der Waals surface area contributed by atoms with E-state index in [0.717, 1.165) is 0 Å². The van der Waals surface area contributed by atoms with Gasteiger partial charge in [0, 0.05) is 42.4 Å². The molecule has 1 amide bonds. The Bertz CT molecular complexity index is 1640. The number of nitrogens with zero attached hydrogens (tertiary/aromatic N) is 2. The number of fused-ring (bicyclic) bond motifs is 3. The molecule has 6 N–H and O–H groups in total. The minimum Gasteiger partial charge on any atom is -0.508 e. The highest BCUT2D eigenvalue weighted by atomic mass is 16.3. The maximum absolute atomic E-state index is 14.1. The lowest BCUT2D eigenvalue weighted by Gasteiger charge is -2.50. The predicted octanol–water partition coefficient (Wildman–Crippen LogP) is 1.90. The zero-order valence-corrected chi connectivity index (χ0v) is 23.9. The first-order valence-corrected chi connectivity index (χ1v) is 13.4. The van der Waals surface area contributed by atoms with E-state index in [1.165, 1.54) is 11.8 Å². The number of likely N-dealkylation sites (N-methyl/N-ethyl adjacent to an activating group) is 1. The molecule has 0 spiro atoms. The third-order valence-corrected chi connectivity index (χ3v) is 8.78. The topological polar surface area (TPSA) is 182 Å². The summed E-state index contributed by atoms with van der Waals surface area (Å²) in [6.45, 7) is 1.44. The average Bonchev–Trinajstić information content (AvgIpc) is 2.90. The molecule has 0 unspecified atom stereocenters. The first-order chi connectivity index (χ1) is 19.6. The van der Waals surface area contributed by atoms with Crippen molar-refractivity contribution in [3.8, 4) is 16.9 Å². The summed E-state index contributed by atoms with van der Waals surface area (Å²) in [5, 5.41) is 46.0. The summed E-state index contributed by atoms with van der Waals surface area (Å²) in [5.74, 6) is -7.09. The summed E-state index contributed by atoms with van der Waals surface area (Å²) in [6, 6.07) is 7.19. The third-order valence-electron chi connectivity index (χ3n) is 8.78. The number of primary amides is 1. The van der Waals surface area contributed by atoms with Crippen LogP contribution in [-0.2, 0) is 20.8 Å². The van der Waals surface area contributed by atoms with Crippen LogP contribution in [0.15, 0.2) is 47.2 Å². The van der Waals surface area contributed by atoms with Gasteiger partial charge in [-0.05, 0) is 57.0 Å². The first-order valence-electron chi connectivity index (χ1n) is 13.4. The number of benzene rings is 2. The van der Waals surface area contributed by atoms with E-state index in [0.29, 0.717) is 27.9 Å². The van der Waals surface area contributed by atoms with Crippen LogP contribution in [0.5, 0.6) is 5.75 Å². The molecular formula is C31H33N3O8. The number of amides is 1. The molecule has 11 nitrogen and oxygen atoms in total. The molecule has 1 fully saturated rings. The first kappa shape index (κ1) is 29.0. The SMILES string of the molecule is CC(=O)c1ccc(-c2cc(N(C)C)c3c(c2O)C(O)=C2C(=O)[C@@]4(O)C(O)=C(C(N)=O)C(=O)[C@H](N(C)C)[C@H]4C[C@H]2C3)cc1. The summed E-state index contributed by atoms with van der Waals surface area (Å²) in [6.07, 6.45) is 0.187. The number of aliphatic hydroxyl groups is 3. The fourth-order valence-corrected chi connectivity index (χ4v) is 6.80. The van der Waals surface area contributed by atoms with Crippen molar-refractivity contribution in [2.45, 2.75) is 31.4 Å². The van der Waals surface area contributed by atoms with Crippen molar-refractivity contribution in [2.24, 2.45) is 17.6 Å². The van der Waals surface area contributed by atoms with E-state index in [1.54, 1.807) is 58.5 Å². The Labute approximate surface area is 242 Å². The van der Waals surface area contributed by atoms with Crippen molar-refractivity contribution in [3.05, 3.63) is 63.9 Å². The quantitative estimate of drug-likeness (QED) is 0.261. The normalized spacial score (nSPS) is 25.3. The average molecular weight is 576 g/mol. The van der Waals surface area contributed by atoms with E-state index in [9.17, 15) is 39.6 Å².